The van der Waals surface area contributed by atoms with E-state index in [1.165, 1.54) is 25.1 Å². The van der Waals surface area contributed by atoms with Crippen LogP contribution in [0.15, 0.2) is 71.5 Å². The molecule has 21 heteroatoms. The molecule has 330 valence electrons. The lowest BCUT2D eigenvalue weighted by atomic mass is 9.97. The quantitative estimate of drug-likeness (QED) is 0.0567. The normalized spacial score (nSPS) is 15.1. The zero-order chi connectivity index (χ0) is 44.3. The smallest absolute Gasteiger partial charge is 0.408 e. The van der Waals surface area contributed by atoms with E-state index < -0.39 is 60.0 Å². The van der Waals surface area contributed by atoms with Crippen LogP contribution in [0.5, 0.6) is 17.4 Å². The number of aromatic nitrogens is 4. The van der Waals surface area contributed by atoms with Gasteiger partial charge in [-0.1, -0.05) is 35.9 Å². The van der Waals surface area contributed by atoms with Gasteiger partial charge in [0, 0.05) is 56.1 Å². The molecule has 0 radical (unpaired) electrons. The molecule has 0 saturated carbocycles. The van der Waals surface area contributed by atoms with Crippen molar-refractivity contribution in [3.8, 4) is 39.1 Å². The minimum absolute atomic E-state index is 0.110. The Bertz CT molecular complexity index is 2530. The lowest BCUT2D eigenvalue weighted by Crippen LogP contribution is -2.45. The summed E-state index contributed by atoms with van der Waals surface area (Å²) in [4.78, 5) is 27.5. The number of likely N-dealkylation sites (N-methyl/N-ethyl adjacent to an activating group) is 1. The highest BCUT2D eigenvalue weighted by atomic mass is 35.5. The predicted octanol–water partition coefficient (Wildman–Crippen LogP) is 7.30. The Kier molecular flexibility index (Phi) is 13.4. The van der Waals surface area contributed by atoms with E-state index in [9.17, 15) is 32.6 Å². The topological polar surface area (TPSA) is 158 Å². The third-order valence-electron chi connectivity index (χ3n) is 10.0. The number of hydrogen-bond acceptors (Lipinski definition) is 14. The van der Waals surface area contributed by atoms with Crippen LogP contribution in [0.1, 0.15) is 29.9 Å². The van der Waals surface area contributed by atoms with Gasteiger partial charge < -0.3 is 38.5 Å². The fraction of sp³-hybridized carbons (Fsp3) is 0.366. The van der Waals surface area contributed by atoms with Gasteiger partial charge in [0.2, 0.25) is 12.0 Å². The van der Waals surface area contributed by atoms with Crippen molar-refractivity contribution < 1.29 is 60.3 Å². The van der Waals surface area contributed by atoms with Crippen molar-refractivity contribution in [1.82, 2.24) is 29.5 Å². The maximum Gasteiger partial charge on any atom is 0.408 e. The van der Waals surface area contributed by atoms with Gasteiger partial charge in [0.15, 0.2) is 6.17 Å². The first-order chi connectivity index (χ1) is 29.5. The number of carbonyl (C=O) groups is 1. The van der Waals surface area contributed by atoms with E-state index in [0.717, 1.165) is 74.3 Å². The molecule has 0 aliphatic carbocycles. The van der Waals surface area contributed by atoms with Crippen LogP contribution in [0.25, 0.3) is 32.0 Å². The SMILES string of the molecule is CCOC(=O)C(Oc1ncnc2sc(-c3ccc(F)o3)c(-c3ccc(OCCN4CCN(C)CC4)c(Cl)c3C)c12)C(F)c1ccccc1OC(O)(O)c1ccnn1CC(F)(F)F. The minimum Gasteiger partial charge on any atom is -0.491 e. The van der Waals surface area contributed by atoms with Gasteiger partial charge in [0.05, 0.1) is 21.9 Å². The van der Waals surface area contributed by atoms with Crippen LogP contribution in [-0.2, 0) is 22.0 Å². The van der Waals surface area contributed by atoms with Crippen LogP contribution in [0.4, 0.5) is 22.0 Å². The molecule has 7 rings (SSSR count). The molecule has 2 atom stereocenters. The van der Waals surface area contributed by atoms with Crippen LogP contribution < -0.4 is 14.2 Å². The summed E-state index contributed by atoms with van der Waals surface area (Å²) >= 11 is 8.02. The maximum atomic E-state index is 17.1. The summed E-state index contributed by atoms with van der Waals surface area (Å²) < 4.78 is 99.6. The fourth-order valence-corrected chi connectivity index (χ4v) is 8.24. The summed E-state index contributed by atoms with van der Waals surface area (Å²) in [6, 6.07) is 10.9. The highest BCUT2D eigenvalue weighted by Crippen LogP contribution is 2.50. The number of piperazine rings is 1. The first-order valence-corrected chi connectivity index (χ1v) is 20.4. The largest absolute Gasteiger partial charge is 0.491 e. The number of nitrogens with zero attached hydrogens (tertiary/aromatic N) is 6. The molecule has 6 aromatic rings. The highest BCUT2D eigenvalue weighted by molar-refractivity contribution is 7.22. The van der Waals surface area contributed by atoms with Crippen molar-refractivity contribution in [3.63, 3.8) is 0 Å². The Balaban J connectivity index is 1.25. The van der Waals surface area contributed by atoms with E-state index in [1.807, 2.05) is 0 Å². The minimum atomic E-state index is -4.79. The second-order valence-electron chi connectivity index (χ2n) is 14.2. The summed E-state index contributed by atoms with van der Waals surface area (Å²) in [5.41, 5.74) is 0.0825. The third-order valence-corrected chi connectivity index (χ3v) is 11.6. The molecule has 0 amide bonds. The third kappa shape index (κ3) is 9.79. The fourth-order valence-electron chi connectivity index (χ4n) is 6.91. The molecule has 1 aliphatic rings. The number of carbonyl (C=O) groups excluding carboxylic acids is 1. The number of fused-ring (bicyclic) bond motifs is 1. The van der Waals surface area contributed by atoms with Crippen molar-refractivity contribution in [2.75, 3.05) is 53.0 Å². The van der Waals surface area contributed by atoms with E-state index in [2.05, 4.69) is 31.9 Å². The van der Waals surface area contributed by atoms with Gasteiger partial charge in [-0.2, -0.15) is 22.7 Å². The molecular weight excluding hydrogens is 867 g/mol. The summed E-state index contributed by atoms with van der Waals surface area (Å²) in [6.07, 6.45) is -7.43. The monoisotopic (exact) mass is 906 g/mol. The molecule has 2 aromatic carbocycles. The summed E-state index contributed by atoms with van der Waals surface area (Å²) in [7, 11) is 2.08. The number of aliphatic hydroxyl groups is 2. The molecule has 2 N–H and O–H groups in total. The van der Waals surface area contributed by atoms with E-state index in [4.69, 9.17) is 35.0 Å². The zero-order valence-corrected chi connectivity index (χ0v) is 34.9. The van der Waals surface area contributed by atoms with E-state index in [1.54, 1.807) is 19.1 Å². The lowest BCUT2D eigenvalue weighted by molar-refractivity contribution is -0.309. The number of hydrogen-bond donors (Lipinski definition) is 2. The maximum absolute atomic E-state index is 17.1. The molecule has 62 heavy (non-hydrogen) atoms. The number of halogens is 6. The van der Waals surface area contributed by atoms with Gasteiger partial charge in [0.25, 0.3) is 6.01 Å². The Hall–Kier alpha value is -5.38. The van der Waals surface area contributed by atoms with Gasteiger partial charge in [-0.3, -0.25) is 9.58 Å². The summed E-state index contributed by atoms with van der Waals surface area (Å²) in [5.74, 6) is -5.02. The molecule has 1 aliphatic heterocycles. The van der Waals surface area contributed by atoms with Crippen molar-refractivity contribution in [1.29, 1.82) is 0 Å². The van der Waals surface area contributed by atoms with Gasteiger partial charge in [-0.15, -0.1) is 11.3 Å². The Labute approximate surface area is 360 Å². The van der Waals surface area contributed by atoms with Crippen LogP contribution in [0, 0.1) is 12.9 Å². The summed E-state index contributed by atoms with van der Waals surface area (Å²) in [6.45, 7) is 6.12. The van der Waals surface area contributed by atoms with Gasteiger partial charge >= 0.3 is 18.1 Å². The summed E-state index contributed by atoms with van der Waals surface area (Å²) in [5, 5.41) is 25.7. The number of para-hydroxylation sites is 1. The number of furan rings is 1. The van der Waals surface area contributed by atoms with Crippen molar-refractivity contribution in [2.24, 2.45) is 0 Å². The van der Waals surface area contributed by atoms with Crippen molar-refractivity contribution >= 4 is 39.1 Å². The molecule has 14 nitrogen and oxygen atoms in total. The van der Waals surface area contributed by atoms with Crippen LogP contribution in [0.3, 0.4) is 0 Å². The van der Waals surface area contributed by atoms with Gasteiger partial charge in [-0.05, 0) is 56.3 Å². The van der Waals surface area contributed by atoms with Crippen LogP contribution >= 0.6 is 22.9 Å². The Morgan fingerprint density at radius 2 is 1.79 bits per heavy atom. The van der Waals surface area contributed by atoms with E-state index in [-0.39, 0.29) is 38.2 Å². The number of alkyl halides is 4. The standard InChI is InChI=1S/C41H40ClF5N6O8S/c1-4-57-39(54)35(34(44)25-7-5-6-8-26(25)61-41(55,56)29-13-14-50-53(29)21-40(45,46)47)60-37-32-31(36(28-11-12-30(43)59-28)62-38(32)49-22-48-37)24-9-10-27(33(42)23(24)2)58-20-19-52-17-15-51(3)16-18-52/h5-14,22,34-35,55-56H,4,15-21H2,1-3H3. The molecule has 2 unspecified atom stereocenters. The van der Waals surface area contributed by atoms with Crippen LogP contribution in [0.2, 0.25) is 5.02 Å². The molecule has 4 aromatic heterocycles. The number of ether oxygens (including phenoxy) is 4. The molecule has 0 bridgehead atoms. The van der Waals surface area contributed by atoms with Gasteiger partial charge in [0.1, 0.15) is 47.3 Å². The average Bonchev–Trinajstić information content (AvgIpc) is 3.98. The molecule has 0 spiro atoms. The molecule has 5 heterocycles. The zero-order valence-electron chi connectivity index (χ0n) is 33.4. The predicted molar refractivity (Wildman–Crippen MR) is 216 cm³/mol. The first-order valence-electron chi connectivity index (χ1n) is 19.2. The number of rotatable bonds is 16. The lowest BCUT2D eigenvalue weighted by Gasteiger charge is -2.32. The van der Waals surface area contributed by atoms with Gasteiger partial charge in [-0.25, -0.2) is 19.2 Å². The van der Waals surface area contributed by atoms with E-state index >= 15 is 4.39 Å². The highest BCUT2D eigenvalue weighted by Gasteiger charge is 2.41. The first kappa shape index (κ1) is 44.7. The average molecular weight is 907 g/mol. The van der Waals surface area contributed by atoms with E-state index in [0.29, 0.717) is 40.5 Å². The van der Waals surface area contributed by atoms with Crippen molar-refractivity contribution in [2.45, 2.75) is 44.8 Å². The Morgan fingerprint density at radius 1 is 1.03 bits per heavy atom. The number of thiophene rings is 1. The Morgan fingerprint density at radius 3 is 2.50 bits per heavy atom. The molecule has 1 fully saturated rings. The molecular formula is C41H40ClF5N6O8S. The number of benzene rings is 2. The number of esters is 1. The molecule has 1 saturated heterocycles. The van der Waals surface area contributed by atoms with Crippen molar-refractivity contribution in [3.05, 3.63) is 95.0 Å². The second kappa shape index (κ2) is 18.5. The second-order valence-corrected chi connectivity index (χ2v) is 15.6. The van der Waals surface area contributed by atoms with Crippen LogP contribution in [-0.4, -0.2) is 111 Å².